The molecular formula is C14H14F3N3O2. The number of carbonyl (C=O) groups is 1. The highest BCUT2D eigenvalue weighted by Gasteiger charge is 2.38. The van der Waals surface area contributed by atoms with E-state index in [-0.39, 0.29) is 24.6 Å². The molecule has 2 aromatic rings. The van der Waals surface area contributed by atoms with E-state index in [0.29, 0.717) is 5.69 Å². The van der Waals surface area contributed by atoms with E-state index in [1.807, 2.05) is 19.1 Å². The summed E-state index contributed by atoms with van der Waals surface area (Å²) in [5.74, 6) is -1.88. The van der Waals surface area contributed by atoms with Crippen LogP contribution >= 0.6 is 0 Å². The summed E-state index contributed by atoms with van der Waals surface area (Å²) in [5.41, 5.74) is 1.77. The van der Waals surface area contributed by atoms with Gasteiger partial charge in [-0.3, -0.25) is 4.79 Å². The minimum atomic E-state index is -4.67. The van der Waals surface area contributed by atoms with Crippen LogP contribution < -0.4 is 5.32 Å². The van der Waals surface area contributed by atoms with Gasteiger partial charge < -0.3 is 9.84 Å². The smallest absolute Gasteiger partial charge is 0.329 e. The molecule has 0 aliphatic heterocycles. The first kappa shape index (κ1) is 16.0. The van der Waals surface area contributed by atoms with Crippen LogP contribution in [-0.2, 0) is 23.8 Å². The number of carbonyl (C=O) groups excluding carboxylic acids is 1. The van der Waals surface area contributed by atoms with Crippen LogP contribution in [0.5, 0.6) is 0 Å². The second kappa shape index (κ2) is 6.59. The van der Waals surface area contributed by atoms with Gasteiger partial charge in [-0.05, 0) is 24.1 Å². The number of aryl methyl sites for hydroxylation is 2. The number of aromatic nitrogens is 2. The number of nitrogens with zero attached hydrogens (tertiary/aromatic N) is 2. The molecule has 0 radical (unpaired) electrons. The first-order valence-corrected chi connectivity index (χ1v) is 6.67. The van der Waals surface area contributed by atoms with E-state index in [1.54, 1.807) is 12.1 Å². The highest BCUT2D eigenvalue weighted by molar-refractivity contribution is 5.90. The van der Waals surface area contributed by atoms with Gasteiger partial charge in [0.25, 0.3) is 0 Å². The number of halogens is 3. The molecule has 0 saturated heterocycles. The lowest BCUT2D eigenvalue weighted by atomic mass is 10.1. The third-order valence-corrected chi connectivity index (χ3v) is 2.93. The number of rotatable bonds is 5. The molecule has 1 aromatic carbocycles. The minimum absolute atomic E-state index is 0.0293. The van der Waals surface area contributed by atoms with Gasteiger partial charge in [0.2, 0.25) is 5.91 Å². The lowest BCUT2D eigenvalue weighted by Gasteiger charge is -2.05. The molecule has 0 aliphatic rings. The Bertz CT molecular complexity index is 636. The molecule has 0 bridgehead atoms. The van der Waals surface area contributed by atoms with E-state index in [4.69, 9.17) is 0 Å². The molecule has 1 aromatic heterocycles. The maximum absolute atomic E-state index is 12.3. The molecule has 5 nitrogen and oxygen atoms in total. The number of anilines is 1. The van der Waals surface area contributed by atoms with Gasteiger partial charge in [0.1, 0.15) is 0 Å². The summed E-state index contributed by atoms with van der Waals surface area (Å²) < 4.78 is 40.9. The number of nitrogens with one attached hydrogen (secondary N) is 1. The van der Waals surface area contributed by atoms with Gasteiger partial charge in [-0.1, -0.05) is 24.2 Å². The molecule has 8 heteroatoms. The minimum Gasteiger partial charge on any atom is -0.329 e. The van der Waals surface area contributed by atoms with Crippen LogP contribution in [0, 0.1) is 0 Å². The number of alkyl halides is 3. The van der Waals surface area contributed by atoms with Gasteiger partial charge in [-0.25, -0.2) is 0 Å². The van der Waals surface area contributed by atoms with Crippen molar-refractivity contribution in [1.29, 1.82) is 0 Å². The Balaban J connectivity index is 1.85. The molecule has 0 saturated carbocycles. The van der Waals surface area contributed by atoms with Crippen molar-refractivity contribution >= 4 is 11.6 Å². The van der Waals surface area contributed by atoms with Crippen molar-refractivity contribution in [3.63, 3.8) is 0 Å². The molecule has 0 fully saturated rings. The van der Waals surface area contributed by atoms with Crippen molar-refractivity contribution < 1.29 is 22.5 Å². The van der Waals surface area contributed by atoms with Gasteiger partial charge in [0.05, 0.1) is 0 Å². The predicted octanol–water partition coefficient (Wildman–Crippen LogP) is 3.22. The van der Waals surface area contributed by atoms with Crippen LogP contribution in [0.2, 0.25) is 0 Å². The number of hydrogen-bond donors (Lipinski definition) is 1. The van der Waals surface area contributed by atoms with Crippen molar-refractivity contribution in [3.05, 3.63) is 41.5 Å². The van der Waals surface area contributed by atoms with Crippen molar-refractivity contribution in [2.24, 2.45) is 0 Å². The van der Waals surface area contributed by atoms with Crippen molar-refractivity contribution in [1.82, 2.24) is 10.1 Å². The Morgan fingerprint density at radius 2 is 1.95 bits per heavy atom. The topological polar surface area (TPSA) is 68.0 Å². The third kappa shape index (κ3) is 4.31. The molecule has 118 valence electrons. The largest absolute Gasteiger partial charge is 0.471 e. The standard InChI is InChI=1S/C14H14F3N3O2/c1-2-9-3-5-10(6-4-9)18-12(21)8-7-11-19-13(22-20-11)14(15,16)17/h3-6H,2,7-8H2,1H3,(H,18,21). The van der Waals surface area contributed by atoms with Gasteiger partial charge in [0, 0.05) is 18.5 Å². The van der Waals surface area contributed by atoms with Crippen LogP contribution in [-0.4, -0.2) is 16.0 Å². The number of amides is 1. The van der Waals surface area contributed by atoms with E-state index in [0.717, 1.165) is 12.0 Å². The average Bonchev–Trinajstić information content (AvgIpc) is 2.95. The van der Waals surface area contributed by atoms with Crippen LogP contribution in [0.4, 0.5) is 18.9 Å². The summed E-state index contributed by atoms with van der Waals surface area (Å²) in [4.78, 5) is 14.9. The maximum Gasteiger partial charge on any atom is 0.471 e. The molecule has 2 rings (SSSR count). The fraction of sp³-hybridized carbons (Fsp3) is 0.357. The lowest BCUT2D eigenvalue weighted by molar-refractivity contribution is -0.159. The Hall–Kier alpha value is -2.38. The molecule has 1 amide bonds. The highest BCUT2D eigenvalue weighted by Crippen LogP contribution is 2.27. The monoisotopic (exact) mass is 313 g/mol. The molecule has 0 atom stereocenters. The fourth-order valence-corrected chi connectivity index (χ4v) is 1.74. The highest BCUT2D eigenvalue weighted by atomic mass is 19.4. The SMILES string of the molecule is CCc1ccc(NC(=O)CCc2noc(C(F)(F)F)n2)cc1. The first-order chi connectivity index (χ1) is 10.4. The maximum atomic E-state index is 12.3. The molecule has 0 spiro atoms. The number of benzene rings is 1. The lowest BCUT2D eigenvalue weighted by Crippen LogP contribution is -2.13. The zero-order chi connectivity index (χ0) is 16.2. The average molecular weight is 313 g/mol. The third-order valence-electron chi connectivity index (χ3n) is 2.93. The molecule has 1 heterocycles. The predicted molar refractivity (Wildman–Crippen MR) is 72.1 cm³/mol. The quantitative estimate of drug-likeness (QED) is 0.920. The van der Waals surface area contributed by atoms with Gasteiger partial charge in [0.15, 0.2) is 5.82 Å². The van der Waals surface area contributed by atoms with Gasteiger partial charge in [-0.15, -0.1) is 0 Å². The Morgan fingerprint density at radius 3 is 2.50 bits per heavy atom. The van der Waals surface area contributed by atoms with E-state index >= 15 is 0 Å². The molecule has 22 heavy (non-hydrogen) atoms. The Morgan fingerprint density at radius 1 is 1.27 bits per heavy atom. The second-order valence-electron chi connectivity index (χ2n) is 4.61. The summed E-state index contributed by atoms with van der Waals surface area (Å²) >= 11 is 0. The zero-order valence-corrected chi connectivity index (χ0v) is 11.8. The van der Waals surface area contributed by atoms with Crippen molar-refractivity contribution in [2.75, 3.05) is 5.32 Å². The molecule has 0 unspecified atom stereocenters. The molecule has 1 N–H and O–H groups in total. The Kier molecular flexibility index (Phi) is 4.79. The van der Waals surface area contributed by atoms with Crippen LogP contribution in [0.3, 0.4) is 0 Å². The summed E-state index contributed by atoms with van der Waals surface area (Å²) in [5, 5.41) is 5.85. The Labute approximate surface area is 124 Å². The van der Waals surface area contributed by atoms with Gasteiger partial charge in [-0.2, -0.15) is 18.2 Å². The summed E-state index contributed by atoms with van der Waals surface area (Å²) in [7, 11) is 0. The van der Waals surface area contributed by atoms with E-state index < -0.39 is 12.1 Å². The van der Waals surface area contributed by atoms with Gasteiger partial charge >= 0.3 is 12.1 Å². The number of hydrogen-bond acceptors (Lipinski definition) is 4. The van der Waals surface area contributed by atoms with E-state index in [9.17, 15) is 18.0 Å². The van der Waals surface area contributed by atoms with E-state index in [1.165, 1.54) is 0 Å². The zero-order valence-electron chi connectivity index (χ0n) is 11.8. The normalized spacial score (nSPS) is 11.5. The summed E-state index contributed by atoms with van der Waals surface area (Å²) in [6.07, 6.45) is -3.84. The summed E-state index contributed by atoms with van der Waals surface area (Å²) in [6, 6.07) is 7.33. The summed E-state index contributed by atoms with van der Waals surface area (Å²) in [6.45, 7) is 2.02. The first-order valence-electron chi connectivity index (χ1n) is 6.67. The fourth-order valence-electron chi connectivity index (χ4n) is 1.74. The van der Waals surface area contributed by atoms with Crippen molar-refractivity contribution in [3.8, 4) is 0 Å². The van der Waals surface area contributed by atoms with Crippen LogP contribution in [0.15, 0.2) is 28.8 Å². The molecule has 0 aliphatic carbocycles. The van der Waals surface area contributed by atoms with Crippen LogP contribution in [0.25, 0.3) is 0 Å². The molecular weight excluding hydrogens is 299 g/mol. The van der Waals surface area contributed by atoms with E-state index in [2.05, 4.69) is 20.0 Å². The second-order valence-corrected chi connectivity index (χ2v) is 4.61. The van der Waals surface area contributed by atoms with Crippen LogP contribution in [0.1, 0.15) is 30.6 Å². The van der Waals surface area contributed by atoms with Crippen molar-refractivity contribution in [2.45, 2.75) is 32.4 Å².